The molecular weight excluding hydrogens is 384 g/mol. The van der Waals surface area contributed by atoms with Gasteiger partial charge in [-0.15, -0.1) is 0 Å². The minimum atomic E-state index is -0.770. The molecule has 160 valence electrons. The number of carbonyl (C=O) groups excluding carboxylic acids is 2. The van der Waals surface area contributed by atoms with Crippen LogP contribution in [0.1, 0.15) is 28.7 Å². The van der Waals surface area contributed by atoms with Crippen LogP contribution in [0, 0.1) is 13.8 Å². The van der Waals surface area contributed by atoms with E-state index in [1.54, 1.807) is 24.1 Å². The van der Waals surface area contributed by atoms with Crippen LogP contribution >= 0.6 is 0 Å². The van der Waals surface area contributed by atoms with E-state index in [1.165, 1.54) is 7.11 Å². The minimum absolute atomic E-state index is 0.102. The lowest BCUT2D eigenvalue weighted by atomic mass is 9.94. The molecule has 0 bridgehead atoms. The van der Waals surface area contributed by atoms with E-state index in [9.17, 15) is 9.59 Å². The Morgan fingerprint density at radius 3 is 2.43 bits per heavy atom. The SMILES string of the molecule is COC(=O)Oc1cc(C)c(C[C@H](N)C(=O)N2CCCc3cc(OC)ccc32)c(C)c1. The summed E-state index contributed by atoms with van der Waals surface area (Å²) in [5, 5.41) is 0. The van der Waals surface area contributed by atoms with Gasteiger partial charge >= 0.3 is 6.16 Å². The highest BCUT2D eigenvalue weighted by Crippen LogP contribution is 2.31. The number of fused-ring (bicyclic) bond motifs is 1. The second-order valence-electron chi connectivity index (χ2n) is 7.49. The Labute approximate surface area is 176 Å². The lowest BCUT2D eigenvalue weighted by Crippen LogP contribution is -2.47. The molecule has 2 aromatic carbocycles. The molecule has 1 aliphatic rings. The number of aryl methyl sites for hydroxylation is 3. The smallest absolute Gasteiger partial charge is 0.497 e. The maximum atomic E-state index is 13.2. The Morgan fingerprint density at radius 1 is 1.10 bits per heavy atom. The van der Waals surface area contributed by atoms with Crippen LogP contribution in [0.4, 0.5) is 10.5 Å². The number of methoxy groups -OCH3 is 2. The molecule has 3 rings (SSSR count). The second-order valence-corrected chi connectivity index (χ2v) is 7.49. The van der Waals surface area contributed by atoms with Crippen molar-refractivity contribution in [1.29, 1.82) is 0 Å². The summed E-state index contributed by atoms with van der Waals surface area (Å²) in [6, 6.07) is 8.59. The lowest BCUT2D eigenvalue weighted by Gasteiger charge is -2.32. The van der Waals surface area contributed by atoms with Crippen LogP contribution in [0.5, 0.6) is 11.5 Å². The van der Waals surface area contributed by atoms with Crippen LogP contribution in [0.25, 0.3) is 0 Å². The molecule has 0 aromatic heterocycles. The normalized spacial score (nSPS) is 14.0. The van der Waals surface area contributed by atoms with Crippen molar-refractivity contribution in [2.24, 2.45) is 5.73 Å². The fraction of sp³-hybridized carbons (Fsp3) is 0.391. The van der Waals surface area contributed by atoms with E-state index in [1.807, 2.05) is 32.0 Å². The van der Waals surface area contributed by atoms with Gasteiger partial charge in [-0.2, -0.15) is 0 Å². The van der Waals surface area contributed by atoms with E-state index in [2.05, 4.69) is 4.74 Å². The molecule has 7 nitrogen and oxygen atoms in total. The van der Waals surface area contributed by atoms with E-state index in [4.69, 9.17) is 15.2 Å². The van der Waals surface area contributed by atoms with Gasteiger partial charge in [0.2, 0.25) is 5.91 Å². The van der Waals surface area contributed by atoms with Gasteiger partial charge in [0.1, 0.15) is 11.5 Å². The Balaban J connectivity index is 1.78. The molecule has 0 radical (unpaired) electrons. The number of amides is 1. The molecule has 2 aromatic rings. The summed E-state index contributed by atoms with van der Waals surface area (Å²) in [6.07, 6.45) is 1.42. The van der Waals surface area contributed by atoms with Crippen LogP contribution in [-0.2, 0) is 22.4 Å². The maximum absolute atomic E-state index is 13.2. The van der Waals surface area contributed by atoms with Gasteiger partial charge in [0, 0.05) is 12.2 Å². The summed E-state index contributed by atoms with van der Waals surface area (Å²) in [4.78, 5) is 26.3. The Morgan fingerprint density at radius 2 is 1.80 bits per heavy atom. The van der Waals surface area contributed by atoms with E-state index in [0.717, 1.165) is 46.5 Å². The van der Waals surface area contributed by atoms with Crippen LogP contribution in [0.3, 0.4) is 0 Å². The lowest BCUT2D eigenvalue weighted by molar-refractivity contribution is -0.119. The van der Waals surface area contributed by atoms with Crippen LogP contribution in [0.2, 0.25) is 0 Å². The number of hydrogen-bond acceptors (Lipinski definition) is 6. The summed E-state index contributed by atoms with van der Waals surface area (Å²) in [7, 11) is 2.89. The zero-order chi connectivity index (χ0) is 21.8. The minimum Gasteiger partial charge on any atom is -0.497 e. The number of rotatable bonds is 5. The summed E-state index contributed by atoms with van der Waals surface area (Å²) in [5.41, 5.74) is 11.1. The van der Waals surface area contributed by atoms with Crippen molar-refractivity contribution < 1.29 is 23.8 Å². The first-order chi connectivity index (χ1) is 14.3. The fourth-order valence-corrected chi connectivity index (χ4v) is 3.91. The molecule has 0 spiro atoms. The van der Waals surface area contributed by atoms with Crippen LogP contribution < -0.4 is 20.1 Å². The van der Waals surface area contributed by atoms with Crippen molar-refractivity contribution in [3.63, 3.8) is 0 Å². The molecular formula is C23H28N2O5. The summed E-state index contributed by atoms with van der Waals surface area (Å²) in [5.74, 6) is 1.09. The average Bonchev–Trinajstić information content (AvgIpc) is 2.74. The maximum Gasteiger partial charge on any atom is 0.513 e. The molecule has 0 fully saturated rings. The molecule has 0 saturated heterocycles. The predicted octanol–water partition coefficient (Wildman–Crippen LogP) is 3.31. The number of hydrogen-bond donors (Lipinski definition) is 1. The van der Waals surface area contributed by atoms with Gasteiger partial charge in [-0.25, -0.2) is 4.79 Å². The first kappa shape index (κ1) is 21.6. The predicted molar refractivity (Wildman–Crippen MR) is 114 cm³/mol. The highest BCUT2D eigenvalue weighted by Gasteiger charge is 2.28. The molecule has 0 aliphatic carbocycles. The average molecular weight is 412 g/mol. The third kappa shape index (κ3) is 4.57. The van der Waals surface area contributed by atoms with Crippen LogP contribution in [0.15, 0.2) is 30.3 Å². The molecule has 0 saturated carbocycles. The van der Waals surface area contributed by atoms with Crippen LogP contribution in [-0.4, -0.2) is 38.9 Å². The van der Waals surface area contributed by atoms with Gasteiger partial charge in [0.05, 0.1) is 20.3 Å². The number of carbonyl (C=O) groups is 2. The topological polar surface area (TPSA) is 91.1 Å². The van der Waals surface area contributed by atoms with Crippen molar-refractivity contribution in [3.8, 4) is 11.5 Å². The van der Waals surface area contributed by atoms with Crippen molar-refractivity contribution >= 4 is 17.7 Å². The van der Waals surface area contributed by atoms with Gasteiger partial charge in [-0.05, 0) is 85.7 Å². The second kappa shape index (κ2) is 9.17. The van der Waals surface area contributed by atoms with Crippen molar-refractivity contribution in [3.05, 3.63) is 52.6 Å². The zero-order valence-corrected chi connectivity index (χ0v) is 17.9. The van der Waals surface area contributed by atoms with Gasteiger partial charge in [-0.3, -0.25) is 4.79 Å². The van der Waals surface area contributed by atoms with Crippen molar-refractivity contribution in [2.75, 3.05) is 25.7 Å². The van der Waals surface area contributed by atoms with Gasteiger partial charge < -0.3 is 24.8 Å². The Hall–Kier alpha value is -3.06. The summed E-state index contributed by atoms with van der Waals surface area (Å²) < 4.78 is 14.9. The van der Waals surface area contributed by atoms with Crippen molar-refractivity contribution in [2.45, 2.75) is 39.2 Å². The van der Waals surface area contributed by atoms with E-state index in [-0.39, 0.29) is 5.91 Å². The molecule has 7 heteroatoms. The van der Waals surface area contributed by atoms with Gasteiger partial charge in [0.15, 0.2) is 0 Å². The fourth-order valence-electron chi connectivity index (χ4n) is 3.91. The number of anilines is 1. The Bertz CT molecular complexity index is 934. The highest BCUT2D eigenvalue weighted by atomic mass is 16.7. The third-order valence-electron chi connectivity index (χ3n) is 5.45. The monoisotopic (exact) mass is 412 g/mol. The molecule has 0 unspecified atom stereocenters. The highest BCUT2D eigenvalue weighted by molar-refractivity contribution is 5.98. The standard InChI is InChI=1S/C23H28N2O5/c1-14-10-18(30-23(27)29-4)11-15(2)19(14)13-20(24)22(26)25-9-5-6-16-12-17(28-3)7-8-21(16)25/h7-8,10-12,20H,5-6,9,13,24H2,1-4H3/t20-/m0/s1. The Kier molecular flexibility index (Phi) is 6.62. The summed E-state index contributed by atoms with van der Waals surface area (Å²) >= 11 is 0. The first-order valence-corrected chi connectivity index (χ1v) is 9.93. The zero-order valence-electron chi connectivity index (χ0n) is 17.9. The van der Waals surface area contributed by atoms with E-state index >= 15 is 0 Å². The molecule has 1 aliphatic heterocycles. The molecule has 30 heavy (non-hydrogen) atoms. The first-order valence-electron chi connectivity index (χ1n) is 9.93. The third-order valence-corrected chi connectivity index (χ3v) is 5.45. The molecule has 2 N–H and O–H groups in total. The number of benzene rings is 2. The van der Waals surface area contributed by atoms with Gasteiger partial charge in [0.25, 0.3) is 0 Å². The van der Waals surface area contributed by atoms with Gasteiger partial charge in [-0.1, -0.05) is 0 Å². The van der Waals surface area contributed by atoms with E-state index < -0.39 is 12.2 Å². The number of nitrogens with zero attached hydrogens (tertiary/aromatic N) is 1. The largest absolute Gasteiger partial charge is 0.513 e. The molecule has 1 amide bonds. The molecule has 1 heterocycles. The summed E-state index contributed by atoms with van der Waals surface area (Å²) in [6.45, 7) is 4.47. The number of ether oxygens (including phenoxy) is 3. The van der Waals surface area contributed by atoms with Crippen molar-refractivity contribution in [1.82, 2.24) is 0 Å². The van der Waals surface area contributed by atoms with E-state index in [0.29, 0.717) is 18.7 Å². The quantitative estimate of drug-likeness (QED) is 0.598. The number of nitrogens with two attached hydrogens (primary N) is 1. The molecule has 1 atom stereocenters.